The molecule has 1 aliphatic rings. The van der Waals surface area contributed by atoms with Gasteiger partial charge in [-0.1, -0.05) is 22.9 Å². The molecule has 0 aromatic heterocycles. The molecule has 1 amide bonds. The number of nitrogens with zero attached hydrogens (tertiary/aromatic N) is 1. The quantitative estimate of drug-likeness (QED) is 0.871. The van der Waals surface area contributed by atoms with Gasteiger partial charge in [0, 0.05) is 10.2 Å². The Labute approximate surface area is 132 Å². The average Bonchev–Trinajstić information content (AvgIpc) is 2.41. The Balaban J connectivity index is 1.97. The van der Waals surface area contributed by atoms with Crippen LogP contribution >= 0.6 is 15.9 Å². The second-order valence-electron chi connectivity index (χ2n) is 5.43. The number of carboxylic acid groups (broad SMARTS) is 1. The average molecular weight is 355 g/mol. The summed E-state index contributed by atoms with van der Waals surface area (Å²) in [5.74, 6) is -0.965. The number of likely N-dealkylation sites (tertiary alicyclic amines) is 1. The molecule has 2 N–H and O–H groups in total. The predicted octanol–water partition coefficient (Wildman–Crippen LogP) is 2.57. The molecule has 1 aromatic carbocycles. The molecule has 114 valence electrons. The molecule has 21 heavy (non-hydrogen) atoms. The van der Waals surface area contributed by atoms with Crippen LogP contribution in [0.5, 0.6) is 0 Å². The largest absolute Gasteiger partial charge is 0.480 e. The fourth-order valence-electron chi connectivity index (χ4n) is 2.77. The van der Waals surface area contributed by atoms with Gasteiger partial charge < -0.3 is 10.4 Å². The summed E-state index contributed by atoms with van der Waals surface area (Å²) >= 11 is 3.34. The van der Waals surface area contributed by atoms with Gasteiger partial charge in [0.05, 0.1) is 6.54 Å². The van der Waals surface area contributed by atoms with Crippen molar-refractivity contribution in [2.24, 2.45) is 5.92 Å². The van der Waals surface area contributed by atoms with Crippen LogP contribution in [0.15, 0.2) is 28.7 Å². The van der Waals surface area contributed by atoms with Gasteiger partial charge in [-0.05, 0) is 49.6 Å². The van der Waals surface area contributed by atoms with Crippen molar-refractivity contribution >= 4 is 33.5 Å². The molecule has 1 heterocycles. The molecule has 0 saturated carbocycles. The summed E-state index contributed by atoms with van der Waals surface area (Å²) in [5.41, 5.74) is 0.708. The molecule has 5 nitrogen and oxygen atoms in total. The molecule has 0 aliphatic carbocycles. The van der Waals surface area contributed by atoms with Crippen molar-refractivity contribution in [2.45, 2.75) is 25.8 Å². The summed E-state index contributed by atoms with van der Waals surface area (Å²) in [6.07, 6.45) is 1.82. The Kier molecular flexibility index (Phi) is 5.36. The lowest BCUT2D eigenvalue weighted by Gasteiger charge is -2.36. The molecule has 1 saturated heterocycles. The Morgan fingerprint density at radius 3 is 2.67 bits per heavy atom. The number of carbonyl (C=O) groups excluding carboxylic acids is 1. The molecule has 1 aromatic rings. The Morgan fingerprint density at radius 2 is 2.05 bits per heavy atom. The van der Waals surface area contributed by atoms with Crippen LogP contribution in [0.1, 0.15) is 19.8 Å². The number of amides is 1. The summed E-state index contributed by atoms with van der Waals surface area (Å²) in [7, 11) is 0. The first-order valence-electron chi connectivity index (χ1n) is 6.99. The van der Waals surface area contributed by atoms with Crippen LogP contribution < -0.4 is 5.32 Å². The third kappa shape index (κ3) is 4.28. The molecule has 6 heteroatoms. The van der Waals surface area contributed by atoms with Crippen LogP contribution in [0, 0.1) is 5.92 Å². The van der Waals surface area contributed by atoms with E-state index >= 15 is 0 Å². The number of benzene rings is 1. The van der Waals surface area contributed by atoms with Gasteiger partial charge in [0.2, 0.25) is 5.91 Å². The zero-order valence-corrected chi connectivity index (χ0v) is 13.5. The SMILES string of the molecule is CC1CCCN(CC(=O)Nc2ccc(Br)cc2)C1C(=O)O. The Morgan fingerprint density at radius 1 is 1.38 bits per heavy atom. The van der Waals surface area contributed by atoms with Crippen molar-refractivity contribution in [1.29, 1.82) is 0 Å². The van der Waals surface area contributed by atoms with E-state index < -0.39 is 12.0 Å². The van der Waals surface area contributed by atoms with Crippen LogP contribution in [0.4, 0.5) is 5.69 Å². The minimum Gasteiger partial charge on any atom is -0.480 e. The molecule has 1 fully saturated rings. The molecule has 2 unspecified atom stereocenters. The van der Waals surface area contributed by atoms with Crippen LogP contribution in [-0.4, -0.2) is 41.0 Å². The van der Waals surface area contributed by atoms with E-state index in [2.05, 4.69) is 21.2 Å². The first-order valence-corrected chi connectivity index (χ1v) is 7.79. The summed E-state index contributed by atoms with van der Waals surface area (Å²) in [4.78, 5) is 25.2. The third-order valence-corrected chi connectivity index (χ3v) is 4.29. The van der Waals surface area contributed by atoms with Gasteiger partial charge in [0.15, 0.2) is 0 Å². The number of rotatable bonds is 4. The van der Waals surface area contributed by atoms with Crippen LogP contribution in [0.3, 0.4) is 0 Å². The number of hydrogen-bond donors (Lipinski definition) is 2. The number of anilines is 1. The molecule has 1 aliphatic heterocycles. The minimum absolute atomic E-state index is 0.0664. The molecule has 0 radical (unpaired) electrons. The van der Waals surface area contributed by atoms with E-state index in [9.17, 15) is 14.7 Å². The highest BCUT2D eigenvalue weighted by Crippen LogP contribution is 2.23. The van der Waals surface area contributed by atoms with Gasteiger partial charge in [-0.3, -0.25) is 14.5 Å². The monoisotopic (exact) mass is 354 g/mol. The standard InChI is InChI=1S/C15H19BrN2O3/c1-10-3-2-8-18(14(10)15(20)21)9-13(19)17-12-6-4-11(16)5-7-12/h4-7,10,14H,2-3,8-9H2,1H3,(H,17,19)(H,20,21). The first kappa shape index (κ1) is 16.0. The maximum Gasteiger partial charge on any atom is 0.321 e. The highest BCUT2D eigenvalue weighted by molar-refractivity contribution is 9.10. The second-order valence-corrected chi connectivity index (χ2v) is 6.34. The number of piperidine rings is 1. The van der Waals surface area contributed by atoms with E-state index in [1.54, 1.807) is 17.0 Å². The van der Waals surface area contributed by atoms with Gasteiger partial charge in [0.25, 0.3) is 0 Å². The van der Waals surface area contributed by atoms with Gasteiger partial charge in [0.1, 0.15) is 6.04 Å². The molecular formula is C15H19BrN2O3. The molecular weight excluding hydrogens is 336 g/mol. The van der Waals surface area contributed by atoms with E-state index in [1.807, 2.05) is 19.1 Å². The Hall–Kier alpha value is -1.40. The second kappa shape index (κ2) is 7.04. The smallest absolute Gasteiger partial charge is 0.321 e. The molecule has 0 spiro atoms. The van der Waals surface area contributed by atoms with Gasteiger partial charge in [-0.25, -0.2) is 0 Å². The number of halogens is 1. The highest BCUT2D eigenvalue weighted by atomic mass is 79.9. The lowest BCUT2D eigenvalue weighted by atomic mass is 9.91. The van der Waals surface area contributed by atoms with Crippen molar-refractivity contribution in [3.05, 3.63) is 28.7 Å². The normalized spacial score (nSPS) is 22.8. The molecule has 2 rings (SSSR count). The van der Waals surface area contributed by atoms with Crippen LogP contribution in [0.2, 0.25) is 0 Å². The number of aliphatic carboxylic acids is 1. The zero-order valence-electron chi connectivity index (χ0n) is 11.9. The van der Waals surface area contributed by atoms with Gasteiger partial charge in [-0.2, -0.15) is 0 Å². The minimum atomic E-state index is -0.848. The molecule has 0 bridgehead atoms. The van der Waals surface area contributed by atoms with Crippen molar-refractivity contribution < 1.29 is 14.7 Å². The van der Waals surface area contributed by atoms with E-state index in [0.29, 0.717) is 12.2 Å². The van der Waals surface area contributed by atoms with Crippen molar-refractivity contribution in [3.63, 3.8) is 0 Å². The van der Waals surface area contributed by atoms with E-state index in [1.165, 1.54) is 0 Å². The summed E-state index contributed by atoms with van der Waals surface area (Å²) in [5, 5.41) is 12.1. The number of carboxylic acids is 1. The first-order chi connectivity index (χ1) is 9.97. The number of carbonyl (C=O) groups is 2. The van der Waals surface area contributed by atoms with Crippen molar-refractivity contribution in [1.82, 2.24) is 4.90 Å². The highest BCUT2D eigenvalue weighted by Gasteiger charge is 2.34. The van der Waals surface area contributed by atoms with Gasteiger partial charge >= 0.3 is 5.97 Å². The summed E-state index contributed by atoms with van der Waals surface area (Å²) in [6.45, 7) is 2.68. The topological polar surface area (TPSA) is 69.6 Å². The van der Waals surface area contributed by atoms with E-state index in [0.717, 1.165) is 17.3 Å². The van der Waals surface area contributed by atoms with Crippen molar-refractivity contribution in [2.75, 3.05) is 18.4 Å². The van der Waals surface area contributed by atoms with Crippen LogP contribution in [-0.2, 0) is 9.59 Å². The maximum atomic E-state index is 12.1. The third-order valence-electron chi connectivity index (χ3n) is 3.76. The predicted molar refractivity (Wildman–Crippen MR) is 84.2 cm³/mol. The molecule has 2 atom stereocenters. The Bertz CT molecular complexity index is 518. The zero-order chi connectivity index (χ0) is 15.4. The van der Waals surface area contributed by atoms with Gasteiger partial charge in [-0.15, -0.1) is 0 Å². The van der Waals surface area contributed by atoms with E-state index in [-0.39, 0.29) is 18.4 Å². The summed E-state index contributed by atoms with van der Waals surface area (Å²) < 4.78 is 0.941. The summed E-state index contributed by atoms with van der Waals surface area (Å²) in [6, 6.07) is 6.72. The number of nitrogens with one attached hydrogen (secondary N) is 1. The van der Waals surface area contributed by atoms with Crippen molar-refractivity contribution in [3.8, 4) is 0 Å². The number of hydrogen-bond acceptors (Lipinski definition) is 3. The lowest BCUT2D eigenvalue weighted by molar-refractivity contribution is -0.147. The van der Waals surface area contributed by atoms with Crippen LogP contribution in [0.25, 0.3) is 0 Å². The van der Waals surface area contributed by atoms with E-state index in [4.69, 9.17) is 0 Å². The maximum absolute atomic E-state index is 12.1. The fraction of sp³-hybridized carbons (Fsp3) is 0.467. The fourth-order valence-corrected chi connectivity index (χ4v) is 3.03. The lowest BCUT2D eigenvalue weighted by Crippen LogP contribution is -2.51.